The molecule has 0 saturated carbocycles. The molecule has 1 atom stereocenters. The van der Waals surface area contributed by atoms with Crippen LogP contribution in [-0.4, -0.2) is 36.7 Å². The van der Waals surface area contributed by atoms with Crippen molar-refractivity contribution in [1.29, 1.82) is 0 Å². The number of amides is 2. The number of hydroxylamine groups is 1. The number of hydrogen-bond acceptors (Lipinski definition) is 7. The monoisotopic (exact) mass is 414 g/mol. The van der Waals surface area contributed by atoms with Gasteiger partial charge < -0.3 is 25.8 Å². The van der Waals surface area contributed by atoms with Crippen LogP contribution in [-0.2, 0) is 22.6 Å². The molecule has 0 saturated heterocycles. The van der Waals surface area contributed by atoms with Gasteiger partial charge in [-0.05, 0) is 54.8 Å². The maximum Gasteiger partial charge on any atom is 0.245 e. The summed E-state index contributed by atoms with van der Waals surface area (Å²) in [5, 5.41) is 14.7. The number of nitrogen functional groups attached to an aromatic ring is 1. The van der Waals surface area contributed by atoms with Crippen molar-refractivity contribution in [2.75, 3.05) is 24.7 Å². The average molecular weight is 414 g/mol. The van der Waals surface area contributed by atoms with Crippen LogP contribution < -0.4 is 31.3 Å². The average Bonchev–Trinajstić information content (AvgIpc) is 2.75. The van der Waals surface area contributed by atoms with Crippen molar-refractivity contribution in [3.63, 3.8) is 0 Å². The predicted octanol–water partition coefficient (Wildman–Crippen LogP) is 1.59. The standard InChI is InChI=1S/C21H26N4O5/c1-29-15-9-13-4-3-7-23-17(11-19(26)25-28)21(27)24-20-16(22)5-2-6-18(20)30-12-14(8-13)10-15/h2,5-6,8-10,17,23,28H,3-4,7,11-12,22H2,1H3,(H,24,27)(H,25,26). The Kier molecular flexibility index (Phi) is 7.10. The number of carbonyl (C=O) groups excluding carboxylic acids is 2. The van der Waals surface area contributed by atoms with Gasteiger partial charge in [0.15, 0.2) is 0 Å². The van der Waals surface area contributed by atoms with Gasteiger partial charge in [0.2, 0.25) is 11.8 Å². The molecule has 2 bridgehead atoms. The first-order valence-electron chi connectivity index (χ1n) is 9.65. The number of carbonyl (C=O) groups is 2. The zero-order valence-electron chi connectivity index (χ0n) is 16.7. The van der Waals surface area contributed by atoms with E-state index in [-0.39, 0.29) is 13.0 Å². The Labute approximate surface area is 174 Å². The van der Waals surface area contributed by atoms with E-state index in [4.69, 9.17) is 20.4 Å². The molecule has 1 heterocycles. The van der Waals surface area contributed by atoms with E-state index < -0.39 is 17.9 Å². The first-order valence-corrected chi connectivity index (χ1v) is 9.65. The fourth-order valence-electron chi connectivity index (χ4n) is 3.31. The van der Waals surface area contributed by atoms with Gasteiger partial charge in [0.05, 0.1) is 25.3 Å². The second-order valence-electron chi connectivity index (χ2n) is 7.04. The van der Waals surface area contributed by atoms with Crippen LogP contribution in [0.1, 0.15) is 24.0 Å². The van der Waals surface area contributed by atoms with Gasteiger partial charge in [0.25, 0.3) is 0 Å². The van der Waals surface area contributed by atoms with E-state index in [9.17, 15) is 9.59 Å². The minimum absolute atomic E-state index is 0.228. The van der Waals surface area contributed by atoms with E-state index in [1.807, 2.05) is 12.1 Å². The number of anilines is 2. The normalized spacial score (nSPS) is 17.0. The summed E-state index contributed by atoms with van der Waals surface area (Å²) in [4.78, 5) is 24.5. The number of fused-ring (bicyclic) bond motifs is 3. The quantitative estimate of drug-likeness (QED) is 0.292. The molecule has 9 heteroatoms. The van der Waals surface area contributed by atoms with E-state index in [2.05, 4.69) is 16.7 Å². The molecule has 2 amide bonds. The molecule has 1 aliphatic rings. The van der Waals surface area contributed by atoms with Crippen molar-refractivity contribution in [2.45, 2.75) is 31.9 Å². The highest BCUT2D eigenvalue weighted by Crippen LogP contribution is 2.32. The Bertz CT molecular complexity index is 918. The topological polar surface area (TPSA) is 135 Å². The number of nitrogens with one attached hydrogen (secondary N) is 3. The van der Waals surface area contributed by atoms with E-state index in [1.165, 1.54) is 0 Å². The minimum Gasteiger partial charge on any atom is -0.497 e. The third kappa shape index (κ3) is 5.40. The molecule has 3 rings (SSSR count). The molecular weight excluding hydrogens is 388 g/mol. The molecule has 1 unspecified atom stereocenters. The summed E-state index contributed by atoms with van der Waals surface area (Å²) >= 11 is 0. The summed E-state index contributed by atoms with van der Waals surface area (Å²) in [6, 6.07) is 10.2. The summed E-state index contributed by atoms with van der Waals surface area (Å²) in [6.07, 6.45) is 1.26. The van der Waals surface area contributed by atoms with Gasteiger partial charge in [-0.2, -0.15) is 0 Å². The van der Waals surface area contributed by atoms with Crippen molar-refractivity contribution >= 4 is 23.2 Å². The lowest BCUT2D eigenvalue weighted by atomic mass is 10.1. The third-order valence-corrected chi connectivity index (χ3v) is 4.83. The lowest BCUT2D eigenvalue weighted by Gasteiger charge is -2.21. The van der Waals surface area contributed by atoms with Crippen LogP contribution >= 0.6 is 0 Å². The molecule has 1 aliphatic heterocycles. The van der Waals surface area contributed by atoms with Crippen LogP contribution in [0.15, 0.2) is 36.4 Å². The molecule has 6 N–H and O–H groups in total. The summed E-state index contributed by atoms with van der Waals surface area (Å²) in [5.41, 5.74) is 10.3. The number of aryl methyl sites for hydroxylation is 1. The first kappa shape index (κ1) is 21.4. The molecule has 30 heavy (non-hydrogen) atoms. The van der Waals surface area contributed by atoms with Gasteiger partial charge in [0, 0.05) is 0 Å². The number of methoxy groups -OCH3 is 1. The summed E-state index contributed by atoms with van der Waals surface area (Å²) in [5.74, 6) is 0.0391. The van der Waals surface area contributed by atoms with Crippen molar-refractivity contribution in [2.24, 2.45) is 0 Å². The van der Waals surface area contributed by atoms with Gasteiger partial charge in [-0.25, -0.2) is 5.48 Å². The Morgan fingerprint density at radius 3 is 2.90 bits per heavy atom. The smallest absolute Gasteiger partial charge is 0.245 e. The van der Waals surface area contributed by atoms with Crippen LogP contribution in [0.2, 0.25) is 0 Å². The summed E-state index contributed by atoms with van der Waals surface area (Å²) < 4.78 is 11.3. The SMILES string of the molecule is COc1cc2cc(c1)COc1cccc(N)c1NC(=O)C(CC(=O)NO)NCCC2. The lowest BCUT2D eigenvalue weighted by molar-refractivity contribution is -0.132. The fraction of sp³-hybridized carbons (Fsp3) is 0.333. The molecule has 160 valence electrons. The van der Waals surface area contributed by atoms with Crippen molar-refractivity contribution in [3.8, 4) is 11.5 Å². The fourth-order valence-corrected chi connectivity index (χ4v) is 3.31. The predicted molar refractivity (Wildman–Crippen MR) is 111 cm³/mol. The second-order valence-corrected chi connectivity index (χ2v) is 7.04. The van der Waals surface area contributed by atoms with Crippen LogP contribution in [0.3, 0.4) is 0 Å². The number of hydrogen-bond donors (Lipinski definition) is 5. The molecule has 0 aliphatic carbocycles. The van der Waals surface area contributed by atoms with Crippen LogP contribution in [0, 0.1) is 0 Å². The Hall–Kier alpha value is -3.30. The van der Waals surface area contributed by atoms with Gasteiger partial charge in [-0.1, -0.05) is 12.1 Å². The van der Waals surface area contributed by atoms with Crippen molar-refractivity contribution in [1.82, 2.24) is 10.8 Å². The van der Waals surface area contributed by atoms with Crippen LogP contribution in [0.5, 0.6) is 11.5 Å². The highest BCUT2D eigenvalue weighted by Gasteiger charge is 2.23. The third-order valence-electron chi connectivity index (χ3n) is 4.83. The van der Waals surface area contributed by atoms with E-state index in [0.717, 1.165) is 29.7 Å². The van der Waals surface area contributed by atoms with E-state index >= 15 is 0 Å². The number of ether oxygens (including phenoxy) is 2. The highest BCUT2D eigenvalue weighted by molar-refractivity contribution is 6.00. The zero-order chi connectivity index (χ0) is 21.5. The summed E-state index contributed by atoms with van der Waals surface area (Å²) in [6.45, 7) is 0.766. The minimum atomic E-state index is -0.853. The second kappa shape index (κ2) is 9.95. The molecular formula is C21H26N4O5. The van der Waals surface area contributed by atoms with Crippen molar-refractivity contribution in [3.05, 3.63) is 47.5 Å². The molecule has 0 spiro atoms. The first-order chi connectivity index (χ1) is 14.5. The Balaban J connectivity index is 1.94. The Morgan fingerprint density at radius 2 is 2.13 bits per heavy atom. The van der Waals surface area contributed by atoms with Crippen molar-refractivity contribution < 1.29 is 24.3 Å². The lowest BCUT2D eigenvalue weighted by Crippen LogP contribution is -2.44. The van der Waals surface area contributed by atoms with E-state index in [0.29, 0.717) is 23.7 Å². The van der Waals surface area contributed by atoms with Crippen LogP contribution in [0.4, 0.5) is 11.4 Å². The van der Waals surface area contributed by atoms with Gasteiger partial charge in [-0.3, -0.25) is 14.8 Å². The number of para-hydroxylation sites is 1. The number of nitrogens with two attached hydrogens (primary N) is 1. The van der Waals surface area contributed by atoms with Crippen LogP contribution in [0.25, 0.3) is 0 Å². The van der Waals surface area contributed by atoms with Gasteiger partial charge >= 0.3 is 0 Å². The van der Waals surface area contributed by atoms with E-state index in [1.54, 1.807) is 30.8 Å². The number of benzene rings is 2. The summed E-state index contributed by atoms with van der Waals surface area (Å²) in [7, 11) is 1.62. The molecule has 2 aromatic rings. The molecule has 9 nitrogen and oxygen atoms in total. The largest absolute Gasteiger partial charge is 0.497 e. The zero-order valence-corrected chi connectivity index (χ0v) is 16.7. The molecule has 0 fully saturated rings. The van der Waals surface area contributed by atoms with Gasteiger partial charge in [-0.15, -0.1) is 0 Å². The maximum atomic E-state index is 12.8. The number of rotatable bonds is 3. The molecule has 0 aromatic heterocycles. The molecule has 0 radical (unpaired) electrons. The van der Waals surface area contributed by atoms with Gasteiger partial charge in [0.1, 0.15) is 23.8 Å². The maximum absolute atomic E-state index is 12.8. The molecule has 2 aromatic carbocycles. The Morgan fingerprint density at radius 1 is 1.33 bits per heavy atom. The highest BCUT2D eigenvalue weighted by atomic mass is 16.5.